The summed E-state index contributed by atoms with van der Waals surface area (Å²) in [6.45, 7) is 0. The molecule has 1 saturated carbocycles. The molecule has 1 aromatic heterocycles. The molecule has 0 spiro atoms. The predicted molar refractivity (Wildman–Crippen MR) is 87.7 cm³/mol. The maximum absolute atomic E-state index is 11.0. The summed E-state index contributed by atoms with van der Waals surface area (Å²) in [7, 11) is 0. The predicted octanol–water partition coefficient (Wildman–Crippen LogP) is 4.60. The first-order valence-electron chi connectivity index (χ1n) is 7.87. The van der Waals surface area contributed by atoms with Crippen molar-refractivity contribution in [2.75, 3.05) is 0 Å². The van der Waals surface area contributed by atoms with E-state index in [0.29, 0.717) is 5.89 Å². The molecule has 1 heterocycles. The number of para-hydroxylation sites is 2. The zero-order valence-corrected chi connectivity index (χ0v) is 12.7. The van der Waals surface area contributed by atoms with Crippen molar-refractivity contribution in [1.29, 1.82) is 0 Å². The van der Waals surface area contributed by atoms with Crippen LogP contribution in [-0.4, -0.2) is 11.1 Å². The van der Waals surface area contributed by atoms with E-state index >= 15 is 0 Å². The van der Waals surface area contributed by atoms with E-state index in [1.54, 1.807) is 6.08 Å². The van der Waals surface area contributed by atoms with Gasteiger partial charge in [-0.25, -0.2) is 9.78 Å². The topological polar surface area (TPSA) is 55.5 Å². The van der Waals surface area contributed by atoms with Gasteiger partial charge < -0.3 is 4.42 Å². The Bertz CT molecular complexity index is 867. The third-order valence-corrected chi connectivity index (χ3v) is 4.64. The summed E-state index contributed by atoms with van der Waals surface area (Å²) in [4.78, 5) is 19.8. The maximum Gasteiger partial charge on any atom is 0.235 e. The van der Waals surface area contributed by atoms with Crippen LogP contribution in [0.5, 0.6) is 0 Å². The number of carbonyl (C=O) groups excluding carboxylic acids is 1. The molecule has 4 heteroatoms. The molecule has 114 valence electrons. The molecule has 0 aliphatic heterocycles. The number of hydrogen-bond donors (Lipinski definition) is 0. The van der Waals surface area contributed by atoms with E-state index in [1.165, 1.54) is 0 Å². The summed E-state index contributed by atoms with van der Waals surface area (Å²) in [5.74, 6) is 0.578. The van der Waals surface area contributed by atoms with Crippen LogP contribution in [0.3, 0.4) is 0 Å². The Morgan fingerprint density at radius 1 is 1.04 bits per heavy atom. The summed E-state index contributed by atoms with van der Waals surface area (Å²) in [6.07, 6.45) is 5.62. The Kier molecular flexibility index (Phi) is 3.32. The van der Waals surface area contributed by atoms with Gasteiger partial charge in [-0.15, -0.1) is 0 Å². The lowest BCUT2D eigenvalue weighted by Crippen LogP contribution is -2.20. The van der Waals surface area contributed by atoms with Crippen LogP contribution in [0.1, 0.15) is 31.2 Å². The molecule has 0 N–H and O–H groups in total. The molecule has 0 amide bonds. The largest absolute Gasteiger partial charge is 0.436 e. The van der Waals surface area contributed by atoms with Gasteiger partial charge in [0.2, 0.25) is 12.0 Å². The average Bonchev–Trinajstić information content (AvgIpc) is 3.22. The monoisotopic (exact) mass is 304 g/mol. The summed E-state index contributed by atoms with van der Waals surface area (Å²) in [5, 5.41) is 0. The van der Waals surface area contributed by atoms with Crippen LogP contribution in [0, 0.1) is 0 Å². The standard InChI is InChI=1S/C19H16N2O2/c22-13-20-19(11-5-6-12-19)15-8-2-1-7-14(15)18-21-16-9-3-4-10-17(16)23-18/h1-4,7-10H,5-6,11-12H2. The molecule has 2 aromatic carbocycles. The Hall–Kier alpha value is -2.71. The SMILES string of the molecule is O=C=NC1(c2ccccc2-c2nc3ccccc3o2)CCCC1. The first-order valence-corrected chi connectivity index (χ1v) is 7.87. The van der Waals surface area contributed by atoms with Gasteiger partial charge in [-0.3, -0.25) is 0 Å². The number of benzene rings is 2. The van der Waals surface area contributed by atoms with Crippen LogP contribution in [0.4, 0.5) is 0 Å². The molecule has 1 fully saturated rings. The van der Waals surface area contributed by atoms with E-state index in [4.69, 9.17) is 4.42 Å². The van der Waals surface area contributed by atoms with Crippen LogP contribution in [0.2, 0.25) is 0 Å². The summed E-state index contributed by atoms with van der Waals surface area (Å²) in [6, 6.07) is 15.6. The smallest absolute Gasteiger partial charge is 0.235 e. The molecular weight excluding hydrogens is 288 g/mol. The minimum atomic E-state index is -0.487. The van der Waals surface area contributed by atoms with Crippen LogP contribution in [-0.2, 0) is 10.3 Å². The highest BCUT2D eigenvalue weighted by atomic mass is 16.3. The summed E-state index contributed by atoms with van der Waals surface area (Å²) in [5.41, 5.74) is 3.02. The molecule has 4 rings (SSSR count). The van der Waals surface area contributed by atoms with Crippen molar-refractivity contribution in [2.24, 2.45) is 4.99 Å². The molecule has 0 radical (unpaired) electrons. The minimum Gasteiger partial charge on any atom is -0.436 e. The van der Waals surface area contributed by atoms with Gasteiger partial charge in [-0.1, -0.05) is 43.2 Å². The average molecular weight is 304 g/mol. The highest BCUT2D eigenvalue weighted by Gasteiger charge is 2.38. The van der Waals surface area contributed by atoms with Crippen LogP contribution in [0.25, 0.3) is 22.6 Å². The van der Waals surface area contributed by atoms with E-state index in [2.05, 4.69) is 9.98 Å². The molecule has 3 aromatic rings. The van der Waals surface area contributed by atoms with Crippen molar-refractivity contribution in [2.45, 2.75) is 31.2 Å². The summed E-state index contributed by atoms with van der Waals surface area (Å²) >= 11 is 0. The first-order chi connectivity index (χ1) is 11.3. The Balaban J connectivity index is 1.91. The van der Waals surface area contributed by atoms with Crippen molar-refractivity contribution >= 4 is 17.2 Å². The number of rotatable bonds is 3. The fourth-order valence-electron chi connectivity index (χ4n) is 3.55. The number of aromatic nitrogens is 1. The van der Waals surface area contributed by atoms with Crippen molar-refractivity contribution in [3.05, 3.63) is 54.1 Å². The van der Waals surface area contributed by atoms with Crippen LogP contribution in [0.15, 0.2) is 57.9 Å². The lowest BCUT2D eigenvalue weighted by Gasteiger charge is -2.24. The highest BCUT2D eigenvalue weighted by Crippen LogP contribution is 2.45. The molecule has 1 aliphatic carbocycles. The highest BCUT2D eigenvalue weighted by molar-refractivity contribution is 5.77. The Labute approximate surface area is 133 Å². The van der Waals surface area contributed by atoms with Crippen molar-refractivity contribution in [3.63, 3.8) is 0 Å². The third kappa shape index (κ3) is 2.28. The van der Waals surface area contributed by atoms with Gasteiger partial charge in [0.15, 0.2) is 5.58 Å². The van der Waals surface area contributed by atoms with E-state index in [1.807, 2.05) is 48.5 Å². The number of isocyanates is 1. The molecule has 0 atom stereocenters. The van der Waals surface area contributed by atoms with Gasteiger partial charge in [-0.2, -0.15) is 4.99 Å². The number of aliphatic imine (C=N–C) groups is 1. The normalized spacial score (nSPS) is 16.3. The fraction of sp³-hybridized carbons (Fsp3) is 0.263. The van der Waals surface area contributed by atoms with E-state index in [-0.39, 0.29) is 0 Å². The third-order valence-electron chi connectivity index (χ3n) is 4.64. The minimum absolute atomic E-state index is 0.487. The zero-order valence-electron chi connectivity index (χ0n) is 12.7. The molecule has 23 heavy (non-hydrogen) atoms. The second kappa shape index (κ2) is 5.49. The van der Waals surface area contributed by atoms with Gasteiger partial charge >= 0.3 is 0 Å². The van der Waals surface area contributed by atoms with Gasteiger partial charge in [0.1, 0.15) is 5.52 Å². The second-order valence-electron chi connectivity index (χ2n) is 5.97. The van der Waals surface area contributed by atoms with Crippen molar-refractivity contribution < 1.29 is 9.21 Å². The molecule has 1 aliphatic rings. The zero-order chi connectivity index (χ0) is 15.7. The number of fused-ring (bicyclic) bond motifs is 1. The number of nitrogens with zero attached hydrogens (tertiary/aromatic N) is 2. The molecule has 4 nitrogen and oxygen atoms in total. The van der Waals surface area contributed by atoms with E-state index in [0.717, 1.165) is 47.9 Å². The van der Waals surface area contributed by atoms with Crippen molar-refractivity contribution in [3.8, 4) is 11.5 Å². The van der Waals surface area contributed by atoms with Crippen molar-refractivity contribution in [1.82, 2.24) is 4.98 Å². The van der Waals surface area contributed by atoms with Gasteiger partial charge in [0, 0.05) is 5.56 Å². The lowest BCUT2D eigenvalue weighted by molar-refractivity contribution is 0.455. The second-order valence-corrected chi connectivity index (χ2v) is 5.97. The fourth-order valence-corrected chi connectivity index (χ4v) is 3.55. The van der Waals surface area contributed by atoms with Gasteiger partial charge in [0.05, 0.1) is 5.54 Å². The van der Waals surface area contributed by atoms with Gasteiger partial charge in [0.25, 0.3) is 0 Å². The van der Waals surface area contributed by atoms with Crippen LogP contribution < -0.4 is 0 Å². The number of hydrogen-bond acceptors (Lipinski definition) is 4. The molecule has 0 unspecified atom stereocenters. The van der Waals surface area contributed by atoms with E-state index in [9.17, 15) is 4.79 Å². The number of oxazole rings is 1. The lowest BCUT2D eigenvalue weighted by atomic mass is 9.85. The van der Waals surface area contributed by atoms with Gasteiger partial charge in [-0.05, 0) is 36.6 Å². The summed E-state index contributed by atoms with van der Waals surface area (Å²) < 4.78 is 5.93. The molecule has 0 saturated heterocycles. The molecule has 0 bridgehead atoms. The first kappa shape index (κ1) is 13.9. The Morgan fingerprint density at radius 3 is 2.57 bits per heavy atom. The quantitative estimate of drug-likeness (QED) is 0.525. The maximum atomic E-state index is 11.0. The van der Waals surface area contributed by atoms with E-state index < -0.39 is 5.54 Å². The Morgan fingerprint density at radius 2 is 1.78 bits per heavy atom. The molecular formula is C19H16N2O2. The van der Waals surface area contributed by atoms with Crippen LogP contribution >= 0.6 is 0 Å².